The molecule has 0 radical (unpaired) electrons. The first-order valence-electron chi connectivity index (χ1n) is 6.51. The highest BCUT2D eigenvalue weighted by Crippen LogP contribution is 2.27. The minimum absolute atomic E-state index is 0.208. The Labute approximate surface area is 128 Å². The van der Waals surface area contributed by atoms with Crippen LogP contribution in [0.4, 0.5) is 0 Å². The number of aromatic hydroxyl groups is 2. The zero-order valence-electron chi connectivity index (χ0n) is 12.2. The second-order valence-corrected chi connectivity index (χ2v) is 4.51. The molecule has 0 heterocycles. The molecule has 0 aliphatic carbocycles. The lowest BCUT2D eigenvalue weighted by molar-refractivity contribution is 0.104. The quantitative estimate of drug-likeness (QED) is 0.504. The molecule has 114 valence electrons. The standard InChI is InChI=1S/C17H16O5/c1-21-12-5-6-13(17(10-12)22-2)14(18)7-3-11-4-8-15(19)16(20)9-11/h3-10,19-20H,1-2H3. The van der Waals surface area contributed by atoms with Crippen molar-refractivity contribution in [1.82, 2.24) is 0 Å². The van der Waals surface area contributed by atoms with Gasteiger partial charge in [0.1, 0.15) is 11.5 Å². The summed E-state index contributed by atoms with van der Waals surface area (Å²) in [6.45, 7) is 0. The third-order valence-electron chi connectivity index (χ3n) is 3.10. The Bertz CT molecular complexity index is 719. The van der Waals surface area contributed by atoms with Crippen LogP contribution in [0.2, 0.25) is 0 Å². The van der Waals surface area contributed by atoms with Crippen molar-refractivity contribution in [3.05, 3.63) is 53.6 Å². The second-order valence-electron chi connectivity index (χ2n) is 4.51. The van der Waals surface area contributed by atoms with Gasteiger partial charge in [0.25, 0.3) is 0 Å². The molecule has 0 aliphatic rings. The van der Waals surface area contributed by atoms with E-state index < -0.39 is 0 Å². The summed E-state index contributed by atoms with van der Waals surface area (Å²) in [6, 6.07) is 9.24. The molecule has 5 heteroatoms. The van der Waals surface area contributed by atoms with Gasteiger partial charge in [-0.05, 0) is 35.9 Å². The molecule has 0 amide bonds. The fourth-order valence-electron chi connectivity index (χ4n) is 1.91. The summed E-state index contributed by atoms with van der Waals surface area (Å²) < 4.78 is 10.3. The van der Waals surface area contributed by atoms with Crippen LogP contribution in [-0.2, 0) is 0 Å². The first kappa shape index (κ1) is 15.4. The van der Waals surface area contributed by atoms with E-state index in [1.54, 1.807) is 30.3 Å². The second kappa shape index (κ2) is 6.67. The van der Waals surface area contributed by atoms with E-state index in [1.807, 2.05) is 0 Å². The molecule has 2 N–H and O–H groups in total. The van der Waals surface area contributed by atoms with E-state index in [4.69, 9.17) is 9.47 Å². The van der Waals surface area contributed by atoms with E-state index in [2.05, 4.69) is 0 Å². The van der Waals surface area contributed by atoms with E-state index in [9.17, 15) is 15.0 Å². The Morgan fingerprint density at radius 3 is 2.41 bits per heavy atom. The molecule has 0 spiro atoms. The Morgan fingerprint density at radius 1 is 1.00 bits per heavy atom. The van der Waals surface area contributed by atoms with Crippen LogP contribution in [0.15, 0.2) is 42.5 Å². The molecule has 22 heavy (non-hydrogen) atoms. The van der Waals surface area contributed by atoms with E-state index in [0.29, 0.717) is 22.6 Å². The zero-order valence-corrected chi connectivity index (χ0v) is 12.2. The smallest absolute Gasteiger partial charge is 0.189 e. The molecule has 0 atom stereocenters. The van der Waals surface area contributed by atoms with Gasteiger partial charge in [0.15, 0.2) is 17.3 Å². The fourth-order valence-corrected chi connectivity index (χ4v) is 1.91. The third-order valence-corrected chi connectivity index (χ3v) is 3.10. The lowest BCUT2D eigenvalue weighted by Crippen LogP contribution is -1.99. The SMILES string of the molecule is COc1ccc(C(=O)C=Cc2ccc(O)c(O)c2)c(OC)c1. The topological polar surface area (TPSA) is 76.0 Å². The van der Waals surface area contributed by atoms with E-state index in [1.165, 1.54) is 32.4 Å². The molecular weight excluding hydrogens is 284 g/mol. The number of hydrogen-bond acceptors (Lipinski definition) is 5. The van der Waals surface area contributed by atoms with Gasteiger partial charge in [-0.3, -0.25) is 4.79 Å². The van der Waals surface area contributed by atoms with Gasteiger partial charge in [-0.2, -0.15) is 0 Å². The minimum Gasteiger partial charge on any atom is -0.504 e. The molecule has 0 aromatic heterocycles. The maximum atomic E-state index is 12.2. The minimum atomic E-state index is -0.243. The molecule has 0 saturated heterocycles. The van der Waals surface area contributed by atoms with Crippen molar-refractivity contribution < 1.29 is 24.5 Å². The molecule has 2 rings (SSSR count). The van der Waals surface area contributed by atoms with Crippen LogP contribution in [-0.4, -0.2) is 30.2 Å². The number of hydrogen-bond donors (Lipinski definition) is 2. The predicted octanol–water partition coefficient (Wildman–Crippen LogP) is 3.01. The van der Waals surface area contributed by atoms with Crippen molar-refractivity contribution >= 4 is 11.9 Å². The van der Waals surface area contributed by atoms with Crippen LogP contribution in [0.1, 0.15) is 15.9 Å². The Kier molecular flexibility index (Phi) is 4.68. The maximum absolute atomic E-state index is 12.2. The van der Waals surface area contributed by atoms with Crippen molar-refractivity contribution in [2.75, 3.05) is 14.2 Å². The summed E-state index contributed by atoms with van der Waals surface area (Å²) >= 11 is 0. The van der Waals surface area contributed by atoms with Crippen LogP contribution in [0.3, 0.4) is 0 Å². The lowest BCUT2D eigenvalue weighted by atomic mass is 10.1. The highest BCUT2D eigenvalue weighted by Gasteiger charge is 2.10. The van der Waals surface area contributed by atoms with Crippen molar-refractivity contribution in [3.63, 3.8) is 0 Å². The molecule has 2 aromatic rings. The number of ketones is 1. The van der Waals surface area contributed by atoms with Gasteiger partial charge in [0, 0.05) is 6.07 Å². The van der Waals surface area contributed by atoms with Crippen molar-refractivity contribution in [2.24, 2.45) is 0 Å². The number of phenolic OH excluding ortho intramolecular Hbond substituents is 2. The molecule has 2 aromatic carbocycles. The third kappa shape index (κ3) is 3.38. The first-order chi connectivity index (χ1) is 10.5. The number of benzene rings is 2. The molecular formula is C17H16O5. The van der Waals surface area contributed by atoms with Crippen LogP contribution < -0.4 is 9.47 Å². The van der Waals surface area contributed by atoms with Crippen molar-refractivity contribution in [1.29, 1.82) is 0 Å². The number of rotatable bonds is 5. The van der Waals surface area contributed by atoms with Crippen LogP contribution in [0, 0.1) is 0 Å². The molecule has 0 fully saturated rings. The van der Waals surface area contributed by atoms with Crippen LogP contribution >= 0.6 is 0 Å². The summed E-state index contributed by atoms with van der Waals surface area (Å²) in [5, 5.41) is 18.7. The van der Waals surface area contributed by atoms with Gasteiger partial charge < -0.3 is 19.7 Å². The van der Waals surface area contributed by atoms with Gasteiger partial charge in [-0.15, -0.1) is 0 Å². The van der Waals surface area contributed by atoms with Gasteiger partial charge >= 0.3 is 0 Å². The number of ether oxygens (including phenoxy) is 2. The molecule has 0 unspecified atom stereocenters. The highest BCUT2D eigenvalue weighted by molar-refractivity contribution is 6.08. The molecule has 0 aliphatic heterocycles. The van der Waals surface area contributed by atoms with Crippen LogP contribution in [0.5, 0.6) is 23.0 Å². The Hall–Kier alpha value is -2.95. The summed E-state index contributed by atoms with van der Waals surface area (Å²) in [5.74, 6) is 0.326. The Balaban J connectivity index is 2.24. The number of carbonyl (C=O) groups excluding carboxylic acids is 1. The fraction of sp³-hybridized carbons (Fsp3) is 0.118. The monoisotopic (exact) mass is 300 g/mol. The summed E-state index contributed by atoms with van der Waals surface area (Å²) in [4.78, 5) is 12.2. The number of carbonyl (C=O) groups is 1. The summed E-state index contributed by atoms with van der Waals surface area (Å²) in [5.41, 5.74) is 0.999. The predicted molar refractivity (Wildman–Crippen MR) is 82.7 cm³/mol. The molecule has 0 bridgehead atoms. The lowest BCUT2D eigenvalue weighted by Gasteiger charge is -2.07. The largest absolute Gasteiger partial charge is 0.504 e. The number of allylic oxidation sites excluding steroid dienone is 1. The molecule has 5 nitrogen and oxygen atoms in total. The van der Waals surface area contributed by atoms with E-state index >= 15 is 0 Å². The summed E-state index contributed by atoms with van der Waals surface area (Å²) in [7, 11) is 3.01. The highest BCUT2D eigenvalue weighted by atomic mass is 16.5. The average Bonchev–Trinajstić information content (AvgIpc) is 2.54. The van der Waals surface area contributed by atoms with Gasteiger partial charge in [0.05, 0.1) is 19.8 Å². The summed E-state index contributed by atoms with van der Waals surface area (Å²) in [6.07, 6.45) is 2.92. The van der Waals surface area contributed by atoms with E-state index in [-0.39, 0.29) is 17.3 Å². The van der Waals surface area contributed by atoms with Gasteiger partial charge in [-0.1, -0.05) is 12.1 Å². The van der Waals surface area contributed by atoms with Gasteiger partial charge in [-0.25, -0.2) is 0 Å². The zero-order chi connectivity index (χ0) is 16.1. The number of phenols is 2. The normalized spacial score (nSPS) is 10.6. The first-order valence-corrected chi connectivity index (χ1v) is 6.51. The average molecular weight is 300 g/mol. The number of methoxy groups -OCH3 is 2. The maximum Gasteiger partial charge on any atom is 0.189 e. The van der Waals surface area contributed by atoms with Gasteiger partial charge in [0.2, 0.25) is 0 Å². The Morgan fingerprint density at radius 2 is 1.77 bits per heavy atom. The van der Waals surface area contributed by atoms with Crippen molar-refractivity contribution in [3.8, 4) is 23.0 Å². The molecule has 0 saturated carbocycles. The van der Waals surface area contributed by atoms with Crippen molar-refractivity contribution in [2.45, 2.75) is 0 Å². The van der Waals surface area contributed by atoms with Crippen LogP contribution in [0.25, 0.3) is 6.08 Å². The van der Waals surface area contributed by atoms with E-state index in [0.717, 1.165) is 0 Å².